The second-order valence-electron chi connectivity index (χ2n) is 5.52. The largest absolute Gasteiger partial charge is 0.463 e. The number of hydrogen-bond acceptors (Lipinski definition) is 6. The van der Waals surface area contributed by atoms with Crippen molar-refractivity contribution in [2.75, 3.05) is 5.32 Å². The van der Waals surface area contributed by atoms with Gasteiger partial charge in [-0.25, -0.2) is 4.98 Å². The van der Waals surface area contributed by atoms with Gasteiger partial charge in [0.2, 0.25) is 5.13 Å². The maximum atomic E-state index is 12.4. The van der Waals surface area contributed by atoms with Crippen LogP contribution >= 0.6 is 22.7 Å². The van der Waals surface area contributed by atoms with E-state index in [0.29, 0.717) is 21.6 Å². The summed E-state index contributed by atoms with van der Waals surface area (Å²) in [6, 6.07) is 7.37. The van der Waals surface area contributed by atoms with Crippen molar-refractivity contribution in [1.82, 2.24) is 14.8 Å². The van der Waals surface area contributed by atoms with E-state index in [-0.39, 0.29) is 5.91 Å². The Hall–Kier alpha value is -2.71. The summed E-state index contributed by atoms with van der Waals surface area (Å²) >= 11 is 2.86. The molecule has 8 heteroatoms. The summed E-state index contributed by atoms with van der Waals surface area (Å²) in [7, 11) is 0. The van der Waals surface area contributed by atoms with Crippen molar-refractivity contribution < 1.29 is 9.21 Å². The molecule has 0 saturated heterocycles. The second-order valence-corrected chi connectivity index (χ2v) is 7.27. The zero-order chi connectivity index (χ0) is 17.4. The molecule has 0 bridgehead atoms. The van der Waals surface area contributed by atoms with Gasteiger partial charge >= 0.3 is 0 Å². The SMILES string of the molecule is Cc1csc(C(=O)Nc2cc(C)nn2-c2nc(-c3ccco3)cs2)c1. The molecule has 0 atom stereocenters. The normalized spacial score (nSPS) is 11.0. The summed E-state index contributed by atoms with van der Waals surface area (Å²) in [6.07, 6.45) is 1.61. The molecule has 4 aromatic rings. The van der Waals surface area contributed by atoms with E-state index in [1.807, 2.05) is 48.9 Å². The summed E-state index contributed by atoms with van der Waals surface area (Å²) in [4.78, 5) is 17.7. The number of furan rings is 1. The Bertz CT molecular complexity index is 1030. The van der Waals surface area contributed by atoms with Gasteiger partial charge in [-0.1, -0.05) is 0 Å². The molecule has 126 valence electrons. The van der Waals surface area contributed by atoms with E-state index in [0.717, 1.165) is 17.0 Å². The van der Waals surface area contributed by atoms with Gasteiger partial charge in [-0.3, -0.25) is 4.79 Å². The quantitative estimate of drug-likeness (QED) is 0.573. The zero-order valence-corrected chi connectivity index (χ0v) is 15.1. The monoisotopic (exact) mass is 370 g/mol. The minimum Gasteiger partial charge on any atom is -0.463 e. The van der Waals surface area contributed by atoms with Crippen LogP contribution in [0.1, 0.15) is 20.9 Å². The number of thiazole rings is 1. The van der Waals surface area contributed by atoms with E-state index in [2.05, 4.69) is 15.4 Å². The van der Waals surface area contributed by atoms with Crippen LogP contribution in [-0.2, 0) is 0 Å². The number of nitrogens with zero attached hydrogens (tertiary/aromatic N) is 3. The lowest BCUT2D eigenvalue weighted by Crippen LogP contribution is -2.13. The van der Waals surface area contributed by atoms with Gasteiger partial charge in [-0.15, -0.1) is 22.7 Å². The number of nitrogens with one attached hydrogen (secondary N) is 1. The predicted molar refractivity (Wildman–Crippen MR) is 98.7 cm³/mol. The molecule has 0 aliphatic carbocycles. The van der Waals surface area contributed by atoms with Gasteiger partial charge in [0.05, 0.1) is 16.8 Å². The Morgan fingerprint density at radius 3 is 2.84 bits per heavy atom. The van der Waals surface area contributed by atoms with Gasteiger partial charge < -0.3 is 9.73 Å². The van der Waals surface area contributed by atoms with Crippen LogP contribution in [0.3, 0.4) is 0 Å². The highest BCUT2D eigenvalue weighted by Crippen LogP contribution is 2.27. The van der Waals surface area contributed by atoms with E-state index in [1.54, 1.807) is 10.9 Å². The molecule has 4 rings (SSSR count). The molecule has 0 aliphatic rings. The molecule has 0 aromatic carbocycles. The Balaban J connectivity index is 1.64. The Morgan fingerprint density at radius 1 is 1.24 bits per heavy atom. The van der Waals surface area contributed by atoms with Crippen molar-refractivity contribution >= 4 is 34.4 Å². The molecule has 25 heavy (non-hydrogen) atoms. The van der Waals surface area contributed by atoms with Crippen molar-refractivity contribution in [3.8, 4) is 16.6 Å². The van der Waals surface area contributed by atoms with Crippen LogP contribution in [0.15, 0.2) is 45.7 Å². The third-order valence-corrected chi connectivity index (χ3v) is 5.34. The molecule has 1 N–H and O–H groups in total. The smallest absolute Gasteiger partial charge is 0.266 e. The van der Waals surface area contributed by atoms with E-state index < -0.39 is 0 Å². The van der Waals surface area contributed by atoms with Gasteiger partial charge in [0.15, 0.2) is 5.76 Å². The third-order valence-electron chi connectivity index (χ3n) is 3.47. The fraction of sp³-hybridized carbons (Fsp3) is 0.118. The van der Waals surface area contributed by atoms with Gasteiger partial charge in [0, 0.05) is 11.4 Å². The molecule has 4 heterocycles. The van der Waals surface area contributed by atoms with Crippen molar-refractivity contribution in [3.05, 3.63) is 57.4 Å². The molecule has 4 aromatic heterocycles. The number of anilines is 1. The maximum absolute atomic E-state index is 12.4. The minimum atomic E-state index is -0.151. The fourth-order valence-electron chi connectivity index (χ4n) is 2.36. The lowest BCUT2D eigenvalue weighted by atomic mass is 10.3. The molecule has 0 unspecified atom stereocenters. The lowest BCUT2D eigenvalue weighted by molar-refractivity contribution is 0.103. The molecule has 0 saturated carbocycles. The predicted octanol–water partition coefficient (Wildman–Crippen LogP) is 4.52. The van der Waals surface area contributed by atoms with Crippen LogP contribution in [0.4, 0.5) is 5.82 Å². The fourth-order valence-corrected chi connectivity index (χ4v) is 3.93. The number of hydrogen-bond donors (Lipinski definition) is 1. The minimum absolute atomic E-state index is 0.151. The first-order chi connectivity index (χ1) is 12.1. The van der Waals surface area contributed by atoms with Gasteiger partial charge in [-0.2, -0.15) is 9.78 Å². The van der Waals surface area contributed by atoms with Crippen LogP contribution in [-0.4, -0.2) is 20.7 Å². The highest BCUT2D eigenvalue weighted by molar-refractivity contribution is 7.12. The summed E-state index contributed by atoms with van der Waals surface area (Å²) in [5.41, 5.74) is 2.61. The number of aryl methyl sites for hydroxylation is 2. The molecule has 1 amide bonds. The van der Waals surface area contributed by atoms with Gasteiger partial charge in [0.25, 0.3) is 5.91 Å². The standard InChI is InChI=1S/C17H14N4O2S2/c1-10-6-14(24-8-10)16(22)19-15-7-11(2)20-21(15)17-18-12(9-25-17)13-4-3-5-23-13/h3-9H,1-2H3,(H,19,22). The molecule has 0 spiro atoms. The van der Waals surface area contributed by atoms with Crippen LogP contribution in [0.2, 0.25) is 0 Å². The van der Waals surface area contributed by atoms with Crippen LogP contribution < -0.4 is 5.32 Å². The van der Waals surface area contributed by atoms with Crippen LogP contribution in [0.5, 0.6) is 0 Å². The molecule has 0 fully saturated rings. The lowest BCUT2D eigenvalue weighted by Gasteiger charge is -2.05. The van der Waals surface area contributed by atoms with E-state index in [4.69, 9.17) is 4.42 Å². The summed E-state index contributed by atoms with van der Waals surface area (Å²) in [5, 5.41) is 11.9. The third kappa shape index (κ3) is 3.13. The summed E-state index contributed by atoms with van der Waals surface area (Å²) < 4.78 is 7.02. The van der Waals surface area contributed by atoms with Crippen molar-refractivity contribution in [2.24, 2.45) is 0 Å². The Kier molecular flexibility index (Phi) is 3.98. The molecule has 6 nitrogen and oxygen atoms in total. The topological polar surface area (TPSA) is 73.0 Å². The average Bonchev–Trinajstić information content (AvgIpc) is 3.33. The number of thiophene rings is 1. The average molecular weight is 370 g/mol. The van der Waals surface area contributed by atoms with Crippen LogP contribution in [0, 0.1) is 13.8 Å². The van der Waals surface area contributed by atoms with Crippen molar-refractivity contribution in [1.29, 1.82) is 0 Å². The number of carbonyl (C=O) groups is 1. The first kappa shape index (κ1) is 15.8. The number of amides is 1. The van der Waals surface area contributed by atoms with E-state index in [1.165, 1.54) is 22.7 Å². The number of rotatable bonds is 4. The summed E-state index contributed by atoms with van der Waals surface area (Å²) in [6.45, 7) is 3.84. The zero-order valence-electron chi connectivity index (χ0n) is 13.5. The van der Waals surface area contributed by atoms with Crippen molar-refractivity contribution in [3.63, 3.8) is 0 Å². The molecular weight excluding hydrogens is 356 g/mol. The van der Waals surface area contributed by atoms with Gasteiger partial charge in [-0.05, 0) is 43.0 Å². The van der Waals surface area contributed by atoms with Gasteiger partial charge in [0.1, 0.15) is 11.5 Å². The van der Waals surface area contributed by atoms with E-state index >= 15 is 0 Å². The first-order valence-electron chi connectivity index (χ1n) is 7.53. The van der Waals surface area contributed by atoms with E-state index in [9.17, 15) is 4.79 Å². The maximum Gasteiger partial charge on any atom is 0.266 e. The summed E-state index contributed by atoms with van der Waals surface area (Å²) in [5.74, 6) is 1.14. The number of carbonyl (C=O) groups excluding carboxylic acids is 1. The highest BCUT2D eigenvalue weighted by Gasteiger charge is 2.16. The van der Waals surface area contributed by atoms with Crippen molar-refractivity contribution in [2.45, 2.75) is 13.8 Å². The highest BCUT2D eigenvalue weighted by atomic mass is 32.1. The second kappa shape index (κ2) is 6.30. The molecular formula is C17H14N4O2S2. The molecule has 0 radical (unpaired) electrons. The first-order valence-corrected chi connectivity index (χ1v) is 9.29. The molecule has 0 aliphatic heterocycles. The van der Waals surface area contributed by atoms with Crippen LogP contribution in [0.25, 0.3) is 16.6 Å². The Labute approximate surface area is 151 Å². The Morgan fingerprint density at radius 2 is 2.12 bits per heavy atom. The number of aromatic nitrogens is 3.